The van der Waals surface area contributed by atoms with Gasteiger partial charge >= 0.3 is 12.2 Å². The van der Waals surface area contributed by atoms with Gasteiger partial charge in [-0.25, -0.2) is 18.6 Å². The van der Waals surface area contributed by atoms with Gasteiger partial charge in [-0.1, -0.05) is 11.6 Å². The number of aromatic nitrogens is 4. The van der Waals surface area contributed by atoms with Crippen molar-refractivity contribution in [3.8, 4) is 11.3 Å². The van der Waals surface area contributed by atoms with E-state index in [0.29, 0.717) is 44.0 Å². The molecule has 4 amide bonds. The quantitative estimate of drug-likeness (QED) is 0.288. The number of likely N-dealkylation sites (tertiary alicyclic amines) is 2. The van der Waals surface area contributed by atoms with Gasteiger partial charge in [-0.15, -0.1) is 0 Å². The van der Waals surface area contributed by atoms with Crippen molar-refractivity contribution in [2.45, 2.75) is 36.7 Å². The SMILES string of the molecule is Cn1c(-c2cn(C3CC3(F)F)nc2C(F)(F)F)cnc1C(=O)Nc1ccc(C(=O)N2CC3CN(C(=O)NC4CNCC4O)CC3C2)c(Cl)c1. The second kappa shape index (κ2) is 11.9. The number of β-amino-alcohol motifs (C(OH)–C–C–N with tert-alkyl or cyclic N) is 1. The van der Waals surface area contributed by atoms with Gasteiger partial charge in [0, 0.05) is 76.5 Å². The third kappa shape index (κ3) is 6.20. The molecule has 5 atom stereocenters. The lowest BCUT2D eigenvalue weighted by Gasteiger charge is -2.24. The first-order valence-corrected chi connectivity index (χ1v) is 15.9. The number of benzene rings is 1. The molecule has 1 saturated carbocycles. The van der Waals surface area contributed by atoms with Gasteiger partial charge < -0.3 is 35.4 Å². The average Bonchev–Trinajstić information content (AvgIpc) is 3.67. The monoisotopic (exact) mass is 711 g/mol. The normalized spacial score (nSPS) is 25.8. The van der Waals surface area contributed by atoms with Gasteiger partial charge in [0.15, 0.2) is 11.5 Å². The first-order valence-electron chi connectivity index (χ1n) is 15.5. The largest absolute Gasteiger partial charge is 0.435 e. The van der Waals surface area contributed by atoms with Crippen LogP contribution in [0, 0.1) is 11.8 Å². The van der Waals surface area contributed by atoms with Crippen molar-refractivity contribution < 1.29 is 41.4 Å². The van der Waals surface area contributed by atoms with Crippen molar-refractivity contribution in [3.63, 3.8) is 0 Å². The second-order valence-electron chi connectivity index (χ2n) is 12.9. The minimum atomic E-state index is -4.95. The molecule has 7 rings (SSSR count). The predicted molar refractivity (Wildman–Crippen MR) is 163 cm³/mol. The highest BCUT2D eigenvalue weighted by Gasteiger charge is 2.59. The summed E-state index contributed by atoms with van der Waals surface area (Å²) in [6, 6.07) is 2.20. The Bertz CT molecular complexity index is 1820. The van der Waals surface area contributed by atoms with E-state index in [9.17, 15) is 41.4 Å². The molecule has 4 fully saturated rings. The number of anilines is 1. The Kier molecular flexibility index (Phi) is 8.10. The zero-order valence-electron chi connectivity index (χ0n) is 25.8. The number of carbonyl (C=O) groups excluding carboxylic acids is 3. The molecule has 49 heavy (non-hydrogen) atoms. The molecule has 4 aliphatic rings. The molecule has 3 aliphatic heterocycles. The molecule has 0 bridgehead atoms. The van der Waals surface area contributed by atoms with Crippen LogP contribution in [-0.4, -0.2) is 109 Å². The van der Waals surface area contributed by atoms with E-state index in [-0.39, 0.29) is 57.6 Å². The van der Waals surface area contributed by atoms with Crippen molar-refractivity contribution in [1.29, 1.82) is 0 Å². The molecule has 5 heterocycles. The van der Waals surface area contributed by atoms with Gasteiger partial charge in [-0.3, -0.25) is 14.3 Å². The van der Waals surface area contributed by atoms with Crippen LogP contribution in [-0.2, 0) is 13.2 Å². The summed E-state index contributed by atoms with van der Waals surface area (Å²) in [7, 11) is 1.31. The summed E-state index contributed by atoms with van der Waals surface area (Å²) in [5.74, 6) is -4.37. The Labute approximate surface area is 280 Å². The number of amides is 4. The molecule has 262 valence electrons. The summed E-state index contributed by atoms with van der Waals surface area (Å²) in [5.41, 5.74) is -1.64. The van der Waals surface area contributed by atoms with E-state index >= 15 is 0 Å². The molecule has 13 nitrogen and oxygen atoms in total. The number of aliphatic hydroxyl groups excluding tert-OH is 1. The summed E-state index contributed by atoms with van der Waals surface area (Å²) in [6.45, 7) is 2.72. The lowest BCUT2D eigenvalue weighted by atomic mass is 10.0. The van der Waals surface area contributed by atoms with Crippen LogP contribution in [0.15, 0.2) is 30.6 Å². The lowest BCUT2D eigenvalue weighted by molar-refractivity contribution is -0.141. The molecule has 19 heteroatoms. The van der Waals surface area contributed by atoms with Gasteiger partial charge in [0.25, 0.3) is 17.7 Å². The molecule has 5 unspecified atom stereocenters. The summed E-state index contributed by atoms with van der Waals surface area (Å²) < 4.78 is 70.2. The summed E-state index contributed by atoms with van der Waals surface area (Å²) in [6.07, 6.45) is -4.31. The number of halogens is 6. The molecule has 0 spiro atoms. The fraction of sp³-hybridized carbons (Fsp3) is 0.500. The number of hydrogen-bond acceptors (Lipinski definition) is 7. The van der Waals surface area contributed by atoms with Crippen LogP contribution in [0.25, 0.3) is 11.3 Å². The maximum absolute atomic E-state index is 13.8. The van der Waals surface area contributed by atoms with Gasteiger partial charge in [0.1, 0.15) is 6.04 Å². The van der Waals surface area contributed by atoms with Gasteiger partial charge in [0.2, 0.25) is 0 Å². The Morgan fingerprint density at radius 2 is 1.76 bits per heavy atom. The van der Waals surface area contributed by atoms with Crippen LogP contribution in [0.3, 0.4) is 0 Å². The van der Waals surface area contributed by atoms with Gasteiger partial charge in [-0.2, -0.15) is 18.3 Å². The van der Waals surface area contributed by atoms with E-state index in [2.05, 4.69) is 26.0 Å². The number of hydrogen-bond donors (Lipinski definition) is 4. The average molecular weight is 712 g/mol. The van der Waals surface area contributed by atoms with E-state index in [4.69, 9.17) is 11.6 Å². The molecule has 1 aliphatic carbocycles. The number of nitrogens with zero attached hydrogens (tertiary/aromatic N) is 6. The summed E-state index contributed by atoms with van der Waals surface area (Å²) >= 11 is 6.46. The van der Waals surface area contributed by atoms with Crippen LogP contribution in [0.2, 0.25) is 5.02 Å². The number of fused-ring (bicyclic) bond motifs is 1. The molecular formula is C30H31ClF5N9O4. The van der Waals surface area contributed by atoms with Crippen LogP contribution in [0.5, 0.6) is 0 Å². The molecule has 4 N–H and O–H groups in total. The number of urea groups is 1. The Morgan fingerprint density at radius 1 is 1.08 bits per heavy atom. The van der Waals surface area contributed by atoms with Crippen molar-refractivity contribution in [3.05, 3.63) is 52.7 Å². The fourth-order valence-corrected chi connectivity index (χ4v) is 7.08. The van der Waals surface area contributed by atoms with Crippen LogP contribution < -0.4 is 16.0 Å². The number of alkyl halides is 5. The maximum atomic E-state index is 13.8. The third-order valence-corrected chi connectivity index (χ3v) is 9.90. The van der Waals surface area contributed by atoms with Crippen molar-refractivity contribution in [1.82, 2.24) is 39.8 Å². The highest BCUT2D eigenvalue weighted by molar-refractivity contribution is 6.34. The zero-order chi connectivity index (χ0) is 35.0. The van der Waals surface area contributed by atoms with E-state index in [1.165, 1.54) is 25.2 Å². The van der Waals surface area contributed by atoms with Crippen LogP contribution in [0.1, 0.15) is 39.1 Å². The highest BCUT2D eigenvalue weighted by Crippen LogP contribution is 2.53. The van der Waals surface area contributed by atoms with Crippen LogP contribution in [0.4, 0.5) is 32.4 Å². The van der Waals surface area contributed by atoms with Gasteiger partial charge in [-0.05, 0) is 18.2 Å². The minimum absolute atomic E-state index is 0.0595. The first-order chi connectivity index (χ1) is 23.1. The predicted octanol–water partition coefficient (Wildman–Crippen LogP) is 2.83. The third-order valence-electron chi connectivity index (χ3n) is 9.59. The molecule has 1 aromatic carbocycles. The van der Waals surface area contributed by atoms with Crippen molar-refractivity contribution in [2.24, 2.45) is 18.9 Å². The minimum Gasteiger partial charge on any atom is -0.390 e. The summed E-state index contributed by atoms with van der Waals surface area (Å²) in [4.78, 5) is 46.5. The highest BCUT2D eigenvalue weighted by atomic mass is 35.5. The Morgan fingerprint density at radius 3 is 2.35 bits per heavy atom. The topological polar surface area (TPSA) is 150 Å². The number of rotatable bonds is 6. The zero-order valence-corrected chi connectivity index (χ0v) is 26.6. The molecule has 2 aromatic heterocycles. The number of imidazole rings is 1. The maximum Gasteiger partial charge on any atom is 0.435 e. The van der Waals surface area contributed by atoms with E-state index in [1.54, 1.807) is 9.80 Å². The van der Waals surface area contributed by atoms with E-state index < -0.39 is 47.8 Å². The number of carbonyl (C=O) groups is 3. The number of nitrogens with one attached hydrogen (secondary N) is 3. The smallest absolute Gasteiger partial charge is 0.390 e. The Balaban J connectivity index is 0.987. The molecule has 3 saturated heterocycles. The van der Waals surface area contributed by atoms with Crippen LogP contribution >= 0.6 is 11.6 Å². The van der Waals surface area contributed by atoms with Gasteiger partial charge in [0.05, 0.1) is 40.2 Å². The summed E-state index contributed by atoms with van der Waals surface area (Å²) in [5, 5.41) is 21.9. The molecule has 3 aromatic rings. The van der Waals surface area contributed by atoms with Crippen molar-refractivity contribution >= 4 is 35.1 Å². The molecule has 0 radical (unpaired) electrons. The van der Waals surface area contributed by atoms with E-state index in [1.807, 2.05) is 0 Å². The van der Waals surface area contributed by atoms with E-state index in [0.717, 1.165) is 17.0 Å². The lowest BCUT2D eigenvalue weighted by Crippen LogP contribution is -2.49. The standard InChI is InChI=1S/C30H31ClF5N9O4/c1-42-21(18-13-45(23-5-29(23,32)33)41-24(18)30(34,35)36)7-38-25(42)26(47)39-16-2-3-17(19(31)4-16)27(48)43-9-14-11-44(12-15(14)10-43)28(49)40-20-6-37-8-22(20)46/h2-4,7,13-15,20,22-23,37,46H,5-6,8-12H2,1H3,(H,39,47)(H,40,49). The Hall–Kier alpha value is -4.29. The van der Waals surface area contributed by atoms with Crippen molar-refractivity contribution in [2.75, 3.05) is 44.6 Å². The first kappa shape index (κ1) is 33.2. The molecular weight excluding hydrogens is 681 g/mol. The number of aliphatic hydroxyl groups is 1. The fourth-order valence-electron chi connectivity index (χ4n) is 6.82. The second-order valence-corrected chi connectivity index (χ2v) is 13.3.